The molecule has 2 aromatic rings. The number of carbonyl (C=O) groups is 1. The predicted molar refractivity (Wildman–Crippen MR) is 102 cm³/mol. The Hall–Kier alpha value is -3.17. The summed E-state index contributed by atoms with van der Waals surface area (Å²) in [6, 6.07) is 11.3. The van der Waals surface area contributed by atoms with Crippen LogP contribution in [0.3, 0.4) is 0 Å². The summed E-state index contributed by atoms with van der Waals surface area (Å²) in [5, 5.41) is 23.5. The molecule has 0 atom stereocenters. The van der Waals surface area contributed by atoms with Crippen LogP contribution in [0.1, 0.15) is 40.9 Å². The molecule has 0 aliphatic carbocycles. The second kappa shape index (κ2) is 6.86. The van der Waals surface area contributed by atoms with Gasteiger partial charge in [0.05, 0.1) is 16.6 Å². The smallest absolute Gasteiger partial charge is 0.288 e. The van der Waals surface area contributed by atoms with Crippen molar-refractivity contribution in [2.24, 2.45) is 0 Å². The van der Waals surface area contributed by atoms with Crippen LogP contribution in [0.2, 0.25) is 5.02 Å². The molecule has 27 heavy (non-hydrogen) atoms. The van der Waals surface area contributed by atoms with Gasteiger partial charge in [0.15, 0.2) is 5.78 Å². The molecule has 0 aromatic heterocycles. The molecule has 2 aromatic carbocycles. The van der Waals surface area contributed by atoms with Crippen LogP contribution < -0.4 is 5.32 Å². The summed E-state index contributed by atoms with van der Waals surface area (Å²) in [6.45, 7) is 3.95. The molecule has 1 N–H and O–H groups in total. The largest absolute Gasteiger partial charge is 0.379 e. The van der Waals surface area contributed by atoms with E-state index in [4.69, 9.17) is 16.9 Å². The summed E-state index contributed by atoms with van der Waals surface area (Å²) in [5.41, 5.74) is 2.29. The van der Waals surface area contributed by atoms with Gasteiger partial charge < -0.3 is 5.32 Å². The molecule has 0 bridgehead atoms. The molecule has 6 nitrogen and oxygen atoms in total. The van der Waals surface area contributed by atoms with Crippen molar-refractivity contribution in [1.82, 2.24) is 5.32 Å². The van der Waals surface area contributed by atoms with Gasteiger partial charge >= 0.3 is 0 Å². The third-order valence-electron chi connectivity index (χ3n) is 4.34. The zero-order valence-corrected chi connectivity index (χ0v) is 15.5. The summed E-state index contributed by atoms with van der Waals surface area (Å²) in [7, 11) is 0. The van der Waals surface area contributed by atoms with Gasteiger partial charge in [-0.2, -0.15) is 5.26 Å². The van der Waals surface area contributed by atoms with Crippen LogP contribution >= 0.6 is 11.6 Å². The van der Waals surface area contributed by atoms with Gasteiger partial charge in [-0.3, -0.25) is 14.9 Å². The number of ketones is 1. The first-order chi connectivity index (χ1) is 12.7. The van der Waals surface area contributed by atoms with Gasteiger partial charge in [0.1, 0.15) is 5.02 Å². The van der Waals surface area contributed by atoms with Gasteiger partial charge in [0.25, 0.3) is 5.69 Å². The molecule has 136 valence electrons. The second-order valence-electron chi connectivity index (χ2n) is 7.01. The van der Waals surface area contributed by atoms with Crippen LogP contribution in [-0.2, 0) is 6.42 Å². The molecule has 0 saturated carbocycles. The van der Waals surface area contributed by atoms with E-state index in [-0.39, 0.29) is 22.0 Å². The second-order valence-corrected chi connectivity index (χ2v) is 7.42. The average molecular weight is 382 g/mol. The summed E-state index contributed by atoms with van der Waals surface area (Å²) < 4.78 is 0. The minimum absolute atomic E-state index is 0.0780. The van der Waals surface area contributed by atoms with Crippen LogP contribution in [0, 0.1) is 21.4 Å². The zero-order valence-electron chi connectivity index (χ0n) is 14.7. The van der Waals surface area contributed by atoms with Gasteiger partial charge in [-0.25, -0.2) is 0 Å². The fourth-order valence-corrected chi connectivity index (χ4v) is 3.38. The molecule has 3 rings (SSSR count). The Morgan fingerprint density at radius 2 is 2.00 bits per heavy atom. The number of nitriles is 1. The van der Waals surface area contributed by atoms with E-state index in [1.54, 1.807) is 30.3 Å². The quantitative estimate of drug-likeness (QED) is 0.370. The first-order valence-corrected chi connectivity index (χ1v) is 8.59. The van der Waals surface area contributed by atoms with Gasteiger partial charge in [-0.05, 0) is 56.2 Å². The molecule has 0 unspecified atom stereocenters. The van der Waals surface area contributed by atoms with Gasteiger partial charge in [0.2, 0.25) is 0 Å². The van der Waals surface area contributed by atoms with Crippen molar-refractivity contribution in [3.8, 4) is 6.07 Å². The summed E-state index contributed by atoms with van der Waals surface area (Å²) >= 11 is 6.05. The van der Waals surface area contributed by atoms with E-state index < -0.39 is 4.92 Å². The number of carbonyl (C=O) groups excluding carboxylic acids is 1. The highest BCUT2D eigenvalue weighted by Crippen LogP contribution is 2.36. The molecule has 7 heteroatoms. The maximum absolute atomic E-state index is 12.7. The third-order valence-corrected chi connectivity index (χ3v) is 4.64. The molecule has 0 fully saturated rings. The maximum atomic E-state index is 12.7. The number of nitro groups is 1. The van der Waals surface area contributed by atoms with Crippen molar-refractivity contribution < 1.29 is 9.72 Å². The molecule has 0 radical (unpaired) electrons. The van der Waals surface area contributed by atoms with Crippen LogP contribution in [0.15, 0.2) is 42.5 Å². The van der Waals surface area contributed by atoms with Gasteiger partial charge in [-0.1, -0.05) is 11.6 Å². The Morgan fingerprint density at radius 1 is 1.33 bits per heavy atom. The van der Waals surface area contributed by atoms with Crippen molar-refractivity contribution in [3.05, 3.63) is 79.9 Å². The summed E-state index contributed by atoms with van der Waals surface area (Å²) in [5.74, 6) is -0.261. The summed E-state index contributed by atoms with van der Waals surface area (Å²) in [6.07, 6.45) is 2.04. The lowest BCUT2D eigenvalue weighted by Crippen LogP contribution is -2.43. The molecular formula is C20H16ClN3O3. The van der Waals surface area contributed by atoms with E-state index in [0.717, 1.165) is 5.56 Å². The zero-order chi connectivity index (χ0) is 19.8. The number of rotatable bonds is 3. The van der Waals surface area contributed by atoms with E-state index in [0.29, 0.717) is 28.8 Å². The van der Waals surface area contributed by atoms with E-state index in [2.05, 4.69) is 5.32 Å². The first kappa shape index (κ1) is 18.6. The Balaban J connectivity index is 2.08. The molecular weight excluding hydrogens is 366 g/mol. The number of hydrogen-bond acceptors (Lipinski definition) is 5. The van der Waals surface area contributed by atoms with E-state index >= 15 is 0 Å². The lowest BCUT2D eigenvalue weighted by Gasteiger charge is -2.35. The molecule has 0 amide bonds. The van der Waals surface area contributed by atoms with Crippen LogP contribution in [-0.4, -0.2) is 16.2 Å². The predicted octanol–water partition coefficient (Wildman–Crippen LogP) is 4.27. The Bertz CT molecular complexity index is 1020. The number of hydrogen-bond donors (Lipinski definition) is 1. The SMILES string of the molecule is CC1(C)Cc2cc(Cl)c([N+](=O)[O-])cc2C(=CC(=O)c2ccc(C#N)cc2)N1. The van der Waals surface area contributed by atoms with Crippen molar-refractivity contribution in [2.75, 3.05) is 0 Å². The molecule has 1 aliphatic rings. The van der Waals surface area contributed by atoms with Crippen molar-refractivity contribution in [2.45, 2.75) is 25.8 Å². The minimum atomic E-state index is -0.539. The van der Waals surface area contributed by atoms with E-state index in [1.165, 1.54) is 12.1 Å². The normalized spacial score (nSPS) is 16.1. The average Bonchev–Trinajstić information content (AvgIpc) is 2.60. The highest BCUT2D eigenvalue weighted by Gasteiger charge is 2.30. The highest BCUT2D eigenvalue weighted by atomic mass is 35.5. The lowest BCUT2D eigenvalue weighted by atomic mass is 9.85. The first-order valence-electron chi connectivity index (χ1n) is 8.22. The van der Waals surface area contributed by atoms with Crippen LogP contribution in [0.4, 0.5) is 5.69 Å². The van der Waals surface area contributed by atoms with Crippen LogP contribution in [0.5, 0.6) is 0 Å². The van der Waals surface area contributed by atoms with Gasteiger partial charge in [0, 0.05) is 34.5 Å². The lowest BCUT2D eigenvalue weighted by molar-refractivity contribution is -0.384. The number of allylic oxidation sites excluding steroid dienone is 1. The number of fused-ring (bicyclic) bond motifs is 1. The number of halogens is 1. The number of nitrogens with one attached hydrogen (secondary N) is 1. The van der Waals surface area contributed by atoms with Gasteiger partial charge in [-0.15, -0.1) is 0 Å². The number of nitro benzene ring substituents is 1. The topological polar surface area (TPSA) is 96.0 Å². The third kappa shape index (κ3) is 3.83. The van der Waals surface area contributed by atoms with Crippen LogP contribution in [0.25, 0.3) is 5.70 Å². The van der Waals surface area contributed by atoms with Crippen molar-refractivity contribution >= 4 is 28.8 Å². The molecule has 0 saturated heterocycles. The van der Waals surface area contributed by atoms with E-state index in [9.17, 15) is 14.9 Å². The summed E-state index contributed by atoms with van der Waals surface area (Å²) in [4.78, 5) is 23.4. The monoisotopic (exact) mass is 381 g/mol. The Morgan fingerprint density at radius 3 is 2.59 bits per heavy atom. The van der Waals surface area contributed by atoms with Crippen molar-refractivity contribution in [3.63, 3.8) is 0 Å². The van der Waals surface area contributed by atoms with E-state index in [1.807, 2.05) is 19.9 Å². The number of benzene rings is 2. The number of nitrogens with zero attached hydrogens (tertiary/aromatic N) is 2. The maximum Gasteiger partial charge on any atom is 0.288 e. The fraction of sp³-hybridized carbons (Fsp3) is 0.200. The highest BCUT2D eigenvalue weighted by molar-refractivity contribution is 6.32. The fourth-order valence-electron chi connectivity index (χ4n) is 3.13. The molecule has 1 aliphatic heterocycles. The van der Waals surface area contributed by atoms with Crippen molar-refractivity contribution in [1.29, 1.82) is 5.26 Å². The molecule has 1 heterocycles. The standard InChI is InChI=1S/C20H16ClN3O3/c1-20(2)10-14-7-16(21)18(24(26)27)8-15(14)17(23-20)9-19(25)13-5-3-12(11-22)4-6-13/h3-9,23H,10H2,1-2H3. The molecule has 0 spiro atoms. The minimum Gasteiger partial charge on any atom is -0.379 e. The Kier molecular flexibility index (Phi) is 4.73. The Labute approximate surface area is 161 Å².